The van der Waals surface area contributed by atoms with Crippen LogP contribution in [0.15, 0.2) is 22.8 Å². The van der Waals surface area contributed by atoms with Gasteiger partial charge < -0.3 is 19.4 Å². The molecule has 0 unspecified atom stereocenters. The molecule has 0 spiro atoms. The molecule has 1 aliphatic heterocycles. The van der Waals surface area contributed by atoms with Gasteiger partial charge in [-0.3, -0.25) is 0 Å². The standard InChI is InChI=1S/C13H20N2O3/c1-13(2,3)18-12(16)15-8-10(9-15)14-7-11-5-4-6-17-11/h4-6,10,14H,7-9H2,1-3H3. The van der Waals surface area contributed by atoms with Gasteiger partial charge in [0.2, 0.25) is 0 Å². The van der Waals surface area contributed by atoms with E-state index in [1.54, 1.807) is 11.2 Å². The lowest BCUT2D eigenvalue weighted by Gasteiger charge is -2.40. The van der Waals surface area contributed by atoms with Crippen LogP contribution in [0.2, 0.25) is 0 Å². The molecule has 1 amide bonds. The molecule has 1 aromatic heterocycles. The number of likely N-dealkylation sites (tertiary alicyclic amines) is 1. The second-order valence-electron chi connectivity index (χ2n) is 5.54. The minimum atomic E-state index is -0.427. The van der Waals surface area contributed by atoms with Crippen LogP contribution in [0.1, 0.15) is 26.5 Å². The van der Waals surface area contributed by atoms with Crippen LogP contribution in [0.3, 0.4) is 0 Å². The number of rotatable bonds is 3. The first-order valence-corrected chi connectivity index (χ1v) is 6.18. The average molecular weight is 252 g/mol. The molecular weight excluding hydrogens is 232 g/mol. The topological polar surface area (TPSA) is 54.7 Å². The molecule has 0 bridgehead atoms. The van der Waals surface area contributed by atoms with Crippen molar-refractivity contribution in [1.29, 1.82) is 0 Å². The molecule has 0 radical (unpaired) electrons. The summed E-state index contributed by atoms with van der Waals surface area (Å²) in [4.78, 5) is 13.4. The highest BCUT2D eigenvalue weighted by Gasteiger charge is 2.33. The molecule has 0 atom stereocenters. The SMILES string of the molecule is CC(C)(C)OC(=O)N1CC(NCc2ccco2)C1. The van der Waals surface area contributed by atoms with E-state index in [1.807, 2.05) is 32.9 Å². The number of hydrogen-bond acceptors (Lipinski definition) is 4. The zero-order chi connectivity index (χ0) is 13.2. The highest BCUT2D eigenvalue weighted by molar-refractivity contribution is 5.69. The number of hydrogen-bond donors (Lipinski definition) is 1. The zero-order valence-corrected chi connectivity index (χ0v) is 11.1. The number of carbonyl (C=O) groups is 1. The maximum absolute atomic E-state index is 11.7. The van der Waals surface area contributed by atoms with Crippen molar-refractivity contribution >= 4 is 6.09 Å². The number of furan rings is 1. The lowest BCUT2D eigenvalue weighted by Crippen LogP contribution is -2.60. The van der Waals surface area contributed by atoms with Gasteiger partial charge in [0.15, 0.2) is 0 Å². The number of nitrogens with one attached hydrogen (secondary N) is 1. The van der Waals surface area contributed by atoms with E-state index in [0.29, 0.717) is 25.7 Å². The van der Waals surface area contributed by atoms with Gasteiger partial charge >= 0.3 is 6.09 Å². The summed E-state index contributed by atoms with van der Waals surface area (Å²) in [5, 5.41) is 3.33. The van der Waals surface area contributed by atoms with Crippen LogP contribution in [0.25, 0.3) is 0 Å². The van der Waals surface area contributed by atoms with Crippen LogP contribution in [0.5, 0.6) is 0 Å². The summed E-state index contributed by atoms with van der Waals surface area (Å²) >= 11 is 0. The Morgan fingerprint density at radius 3 is 2.83 bits per heavy atom. The van der Waals surface area contributed by atoms with E-state index in [2.05, 4.69) is 5.32 Å². The van der Waals surface area contributed by atoms with Gasteiger partial charge in [0.1, 0.15) is 11.4 Å². The van der Waals surface area contributed by atoms with Gasteiger partial charge in [-0.2, -0.15) is 0 Å². The normalized spacial score (nSPS) is 16.5. The largest absolute Gasteiger partial charge is 0.468 e. The Balaban J connectivity index is 1.66. The maximum Gasteiger partial charge on any atom is 0.410 e. The first kappa shape index (κ1) is 13.0. The Hall–Kier alpha value is -1.49. The van der Waals surface area contributed by atoms with Crippen molar-refractivity contribution in [2.75, 3.05) is 13.1 Å². The summed E-state index contributed by atoms with van der Waals surface area (Å²) in [5.74, 6) is 0.908. The van der Waals surface area contributed by atoms with Crippen LogP contribution >= 0.6 is 0 Å². The van der Waals surface area contributed by atoms with Gasteiger partial charge in [-0.1, -0.05) is 0 Å². The van der Waals surface area contributed by atoms with Crippen molar-refractivity contribution in [2.45, 2.75) is 39.0 Å². The molecule has 2 heterocycles. The number of ether oxygens (including phenoxy) is 1. The Labute approximate surface area is 107 Å². The lowest BCUT2D eigenvalue weighted by molar-refractivity contribution is 0.00505. The Bertz CT molecular complexity index is 389. The van der Waals surface area contributed by atoms with E-state index in [-0.39, 0.29) is 6.09 Å². The van der Waals surface area contributed by atoms with E-state index < -0.39 is 5.60 Å². The molecule has 1 aliphatic rings. The molecule has 100 valence electrons. The zero-order valence-electron chi connectivity index (χ0n) is 11.1. The molecule has 5 heteroatoms. The molecule has 0 saturated carbocycles. The van der Waals surface area contributed by atoms with Crippen molar-refractivity contribution < 1.29 is 13.9 Å². The molecule has 0 aliphatic carbocycles. The Morgan fingerprint density at radius 1 is 1.56 bits per heavy atom. The highest BCUT2D eigenvalue weighted by atomic mass is 16.6. The highest BCUT2D eigenvalue weighted by Crippen LogP contribution is 2.15. The third-order valence-electron chi connectivity index (χ3n) is 2.68. The number of nitrogens with zero attached hydrogens (tertiary/aromatic N) is 1. The van der Waals surface area contributed by atoms with Crippen molar-refractivity contribution in [3.8, 4) is 0 Å². The smallest absolute Gasteiger partial charge is 0.410 e. The van der Waals surface area contributed by atoms with Gasteiger partial charge in [0, 0.05) is 19.1 Å². The average Bonchev–Trinajstić information content (AvgIpc) is 2.64. The number of carbonyl (C=O) groups excluding carboxylic acids is 1. The monoisotopic (exact) mass is 252 g/mol. The van der Waals surface area contributed by atoms with E-state index in [9.17, 15) is 4.79 Å². The van der Waals surface area contributed by atoms with E-state index in [0.717, 1.165) is 5.76 Å². The summed E-state index contributed by atoms with van der Waals surface area (Å²) in [6.45, 7) is 7.69. The molecule has 0 aromatic carbocycles. The van der Waals surface area contributed by atoms with Gasteiger partial charge in [-0.25, -0.2) is 4.79 Å². The fourth-order valence-electron chi connectivity index (χ4n) is 1.74. The molecule has 1 saturated heterocycles. The summed E-state index contributed by atoms with van der Waals surface area (Å²) in [6.07, 6.45) is 1.42. The molecule has 2 rings (SSSR count). The minimum absolute atomic E-state index is 0.237. The third-order valence-corrected chi connectivity index (χ3v) is 2.68. The van der Waals surface area contributed by atoms with Crippen molar-refractivity contribution in [3.05, 3.63) is 24.2 Å². The fourth-order valence-corrected chi connectivity index (χ4v) is 1.74. The first-order valence-electron chi connectivity index (χ1n) is 6.18. The van der Waals surface area contributed by atoms with E-state index >= 15 is 0 Å². The summed E-state index contributed by atoms with van der Waals surface area (Å²) in [5.41, 5.74) is -0.427. The number of amides is 1. The molecule has 1 fully saturated rings. The Kier molecular flexibility index (Phi) is 3.61. The predicted molar refractivity (Wildman–Crippen MR) is 67.1 cm³/mol. The molecule has 18 heavy (non-hydrogen) atoms. The minimum Gasteiger partial charge on any atom is -0.468 e. The lowest BCUT2D eigenvalue weighted by atomic mass is 10.1. The van der Waals surface area contributed by atoms with Crippen LogP contribution in [0, 0.1) is 0 Å². The predicted octanol–water partition coefficient (Wildman–Crippen LogP) is 1.99. The van der Waals surface area contributed by atoms with Crippen molar-refractivity contribution in [3.63, 3.8) is 0 Å². The van der Waals surface area contributed by atoms with Crippen molar-refractivity contribution in [2.24, 2.45) is 0 Å². The first-order chi connectivity index (χ1) is 8.44. The van der Waals surface area contributed by atoms with Gasteiger partial charge in [-0.05, 0) is 32.9 Å². The van der Waals surface area contributed by atoms with Crippen LogP contribution < -0.4 is 5.32 Å². The molecule has 1 N–H and O–H groups in total. The summed E-state index contributed by atoms with van der Waals surface area (Å²) in [6, 6.07) is 4.12. The van der Waals surface area contributed by atoms with Crippen molar-refractivity contribution in [1.82, 2.24) is 10.2 Å². The molecule has 5 nitrogen and oxygen atoms in total. The summed E-state index contributed by atoms with van der Waals surface area (Å²) in [7, 11) is 0. The van der Waals surface area contributed by atoms with Gasteiger partial charge in [0.05, 0.1) is 12.8 Å². The maximum atomic E-state index is 11.7. The second-order valence-corrected chi connectivity index (χ2v) is 5.54. The quantitative estimate of drug-likeness (QED) is 0.893. The van der Waals surface area contributed by atoms with Gasteiger partial charge in [0.25, 0.3) is 0 Å². The van der Waals surface area contributed by atoms with E-state index in [4.69, 9.17) is 9.15 Å². The van der Waals surface area contributed by atoms with E-state index in [1.165, 1.54) is 0 Å². The molecule has 1 aromatic rings. The van der Waals surface area contributed by atoms with Crippen LogP contribution in [-0.4, -0.2) is 35.7 Å². The van der Waals surface area contributed by atoms with Gasteiger partial charge in [-0.15, -0.1) is 0 Å². The van der Waals surface area contributed by atoms with Crippen LogP contribution in [0.4, 0.5) is 4.79 Å². The third kappa shape index (κ3) is 3.50. The Morgan fingerprint density at radius 2 is 2.28 bits per heavy atom. The fraction of sp³-hybridized carbons (Fsp3) is 0.615. The van der Waals surface area contributed by atoms with Crippen LogP contribution in [-0.2, 0) is 11.3 Å². The summed E-state index contributed by atoms with van der Waals surface area (Å²) < 4.78 is 10.5. The molecular formula is C13H20N2O3. The second kappa shape index (κ2) is 5.02.